The van der Waals surface area contributed by atoms with Crippen LogP contribution in [0.3, 0.4) is 0 Å². The van der Waals surface area contributed by atoms with Gasteiger partial charge in [0, 0.05) is 7.05 Å². The topological polar surface area (TPSA) is 129 Å². The average molecular weight is 399 g/mol. The number of hydrogen-bond donors (Lipinski definition) is 1. The van der Waals surface area contributed by atoms with E-state index in [9.17, 15) is 19.5 Å². The molecule has 0 bridgehead atoms. The number of carboxylic acids is 1. The van der Waals surface area contributed by atoms with Crippen molar-refractivity contribution in [3.8, 4) is 17.2 Å². The van der Waals surface area contributed by atoms with Crippen molar-refractivity contribution in [3.63, 3.8) is 0 Å². The molecule has 2 aromatic carbocycles. The molecule has 29 heavy (non-hydrogen) atoms. The molecule has 1 heterocycles. The first kappa shape index (κ1) is 19.6. The Morgan fingerprint density at radius 2 is 1.76 bits per heavy atom. The van der Waals surface area contributed by atoms with Gasteiger partial charge in [-0.3, -0.25) is 4.90 Å². The number of benzene rings is 2. The molecule has 3 aromatic rings. The van der Waals surface area contributed by atoms with Gasteiger partial charge in [-0.25, -0.2) is 14.4 Å². The van der Waals surface area contributed by atoms with Crippen LogP contribution in [0.5, 0.6) is 11.5 Å². The van der Waals surface area contributed by atoms with Crippen LogP contribution in [0.4, 0.5) is 10.5 Å². The van der Waals surface area contributed by atoms with E-state index in [0.29, 0.717) is 16.1 Å². The van der Waals surface area contributed by atoms with Crippen LogP contribution < -0.4 is 20.1 Å². The van der Waals surface area contributed by atoms with Crippen LogP contribution in [0, 0.1) is 0 Å². The molecular weight excluding hydrogens is 382 g/mol. The van der Waals surface area contributed by atoms with Crippen LogP contribution in [0.15, 0.2) is 47.3 Å². The number of rotatable bonds is 5. The summed E-state index contributed by atoms with van der Waals surface area (Å²) in [5.41, 5.74) is -0.488. The van der Waals surface area contributed by atoms with E-state index in [0.717, 1.165) is 9.58 Å². The summed E-state index contributed by atoms with van der Waals surface area (Å²) >= 11 is 0. The summed E-state index contributed by atoms with van der Waals surface area (Å²) in [6, 6.07) is 10.1. The molecule has 1 N–H and O–H groups in total. The minimum atomic E-state index is -1.22. The number of carbonyl (C=O) groups excluding carboxylic acids is 1. The molecule has 1 aromatic heterocycles. The van der Waals surface area contributed by atoms with Gasteiger partial charge in [0.25, 0.3) is 0 Å². The molecule has 1 amide bonds. The number of para-hydroxylation sites is 3. The van der Waals surface area contributed by atoms with Gasteiger partial charge in [-0.15, -0.1) is 4.68 Å². The summed E-state index contributed by atoms with van der Waals surface area (Å²) in [6.07, 6.45) is 0. The Morgan fingerprint density at radius 1 is 1.03 bits per heavy atom. The first-order valence-corrected chi connectivity index (χ1v) is 8.27. The Bertz CT molecular complexity index is 1140. The second-order valence-corrected chi connectivity index (χ2v) is 5.76. The van der Waals surface area contributed by atoms with E-state index in [-0.39, 0.29) is 17.0 Å². The summed E-state index contributed by atoms with van der Waals surface area (Å²) in [5, 5.41) is 16.7. The smallest absolute Gasteiger partial charge is 0.377 e. The third kappa shape index (κ3) is 3.40. The standard InChI is InChI=1S/C18H17N5O6/c1-21(13-9-6-7-11(16(24)25)15(13)29-3)17(26)23-18(27)22(19-20-23)12-8-4-5-10-14(12)28-2/h4-10H,1-3H3,(H,24,25). The van der Waals surface area contributed by atoms with Gasteiger partial charge in [-0.1, -0.05) is 18.2 Å². The molecule has 0 unspecified atom stereocenters. The van der Waals surface area contributed by atoms with Gasteiger partial charge in [-0.2, -0.15) is 4.68 Å². The maximum Gasteiger partial charge on any atom is 0.377 e. The number of nitrogens with zero attached hydrogens (tertiary/aromatic N) is 5. The Morgan fingerprint density at radius 3 is 2.41 bits per heavy atom. The molecule has 0 saturated heterocycles. The van der Waals surface area contributed by atoms with Crippen LogP contribution in [0.2, 0.25) is 0 Å². The van der Waals surface area contributed by atoms with Crippen LogP contribution >= 0.6 is 0 Å². The summed E-state index contributed by atoms with van der Waals surface area (Å²) in [5.74, 6) is -0.872. The minimum Gasteiger partial charge on any atom is -0.494 e. The van der Waals surface area contributed by atoms with E-state index < -0.39 is 17.7 Å². The van der Waals surface area contributed by atoms with Gasteiger partial charge >= 0.3 is 17.7 Å². The third-order valence-electron chi connectivity index (χ3n) is 4.15. The second kappa shape index (κ2) is 7.84. The Hall–Kier alpha value is -4.15. The van der Waals surface area contributed by atoms with Gasteiger partial charge in [0.05, 0.1) is 19.9 Å². The molecule has 3 rings (SSSR count). The average Bonchev–Trinajstić information content (AvgIpc) is 3.12. The molecule has 0 spiro atoms. The molecule has 11 nitrogen and oxygen atoms in total. The molecule has 0 fully saturated rings. The SMILES string of the molecule is COc1ccccc1-n1nnn(C(=O)N(C)c2cccc(C(=O)O)c2OC)c1=O. The monoisotopic (exact) mass is 399 g/mol. The number of carboxylic acid groups (broad SMARTS) is 1. The molecule has 11 heteroatoms. The van der Waals surface area contributed by atoms with Crippen LogP contribution in [-0.4, -0.2) is 58.2 Å². The number of amides is 1. The van der Waals surface area contributed by atoms with Crippen molar-refractivity contribution in [2.75, 3.05) is 26.2 Å². The van der Waals surface area contributed by atoms with Gasteiger partial charge in [0.1, 0.15) is 17.0 Å². The fourth-order valence-electron chi connectivity index (χ4n) is 2.74. The van der Waals surface area contributed by atoms with Gasteiger partial charge in [0.15, 0.2) is 5.75 Å². The summed E-state index contributed by atoms with van der Waals surface area (Å²) < 4.78 is 11.8. The van der Waals surface area contributed by atoms with E-state index in [1.54, 1.807) is 24.3 Å². The zero-order valence-electron chi connectivity index (χ0n) is 15.8. The van der Waals surface area contributed by atoms with Crippen LogP contribution in [0.25, 0.3) is 5.69 Å². The predicted octanol–water partition coefficient (Wildman–Crippen LogP) is 1.25. The minimum absolute atomic E-state index is 0.0268. The van der Waals surface area contributed by atoms with E-state index in [1.165, 1.54) is 39.5 Å². The lowest BCUT2D eigenvalue weighted by atomic mass is 10.1. The molecule has 150 valence electrons. The van der Waals surface area contributed by atoms with E-state index in [2.05, 4.69) is 10.4 Å². The molecule has 0 aliphatic rings. The van der Waals surface area contributed by atoms with Crippen molar-refractivity contribution < 1.29 is 24.2 Å². The highest BCUT2D eigenvalue weighted by Gasteiger charge is 2.25. The molecular formula is C18H17N5O6. The fourth-order valence-corrected chi connectivity index (χ4v) is 2.74. The number of hydrogen-bond acceptors (Lipinski definition) is 7. The highest BCUT2D eigenvalue weighted by atomic mass is 16.5. The van der Waals surface area contributed by atoms with Crippen LogP contribution in [-0.2, 0) is 0 Å². The van der Waals surface area contributed by atoms with Crippen molar-refractivity contribution in [1.29, 1.82) is 0 Å². The normalized spacial score (nSPS) is 10.4. The summed E-state index contributed by atoms with van der Waals surface area (Å²) in [4.78, 5) is 38.0. The van der Waals surface area contributed by atoms with Crippen molar-refractivity contribution >= 4 is 17.7 Å². The number of methoxy groups -OCH3 is 2. The zero-order chi connectivity index (χ0) is 21.1. The molecule has 0 atom stereocenters. The van der Waals surface area contributed by atoms with E-state index >= 15 is 0 Å². The van der Waals surface area contributed by atoms with Crippen molar-refractivity contribution in [2.24, 2.45) is 0 Å². The lowest BCUT2D eigenvalue weighted by Gasteiger charge is -2.19. The number of tetrazole rings is 1. The van der Waals surface area contributed by atoms with E-state index in [4.69, 9.17) is 9.47 Å². The lowest BCUT2D eigenvalue weighted by Crippen LogP contribution is -2.39. The van der Waals surface area contributed by atoms with E-state index in [1.807, 2.05) is 0 Å². The fraction of sp³-hybridized carbons (Fsp3) is 0.167. The lowest BCUT2D eigenvalue weighted by molar-refractivity contribution is 0.0693. The summed E-state index contributed by atoms with van der Waals surface area (Å²) in [6.45, 7) is 0. The van der Waals surface area contributed by atoms with Crippen molar-refractivity contribution in [3.05, 3.63) is 58.5 Å². The number of ether oxygens (including phenoxy) is 2. The van der Waals surface area contributed by atoms with Gasteiger partial charge in [-0.05, 0) is 34.7 Å². The molecule has 0 aliphatic carbocycles. The van der Waals surface area contributed by atoms with Gasteiger partial charge < -0.3 is 14.6 Å². The number of anilines is 1. The highest BCUT2D eigenvalue weighted by Crippen LogP contribution is 2.31. The second-order valence-electron chi connectivity index (χ2n) is 5.76. The number of aromatic carboxylic acids is 1. The number of aromatic nitrogens is 4. The maximum atomic E-state index is 12.9. The maximum absolute atomic E-state index is 12.9. The first-order chi connectivity index (χ1) is 13.9. The quantitative estimate of drug-likeness (QED) is 0.635. The largest absolute Gasteiger partial charge is 0.494 e. The predicted molar refractivity (Wildman–Crippen MR) is 101 cm³/mol. The Balaban J connectivity index is 2.03. The zero-order valence-corrected chi connectivity index (χ0v) is 15.8. The Kier molecular flexibility index (Phi) is 5.30. The molecule has 0 radical (unpaired) electrons. The first-order valence-electron chi connectivity index (χ1n) is 8.27. The van der Waals surface area contributed by atoms with Crippen molar-refractivity contribution in [2.45, 2.75) is 0 Å². The Labute approximate surface area is 164 Å². The molecule has 0 aliphatic heterocycles. The third-order valence-corrected chi connectivity index (χ3v) is 4.15. The van der Waals surface area contributed by atoms with Crippen molar-refractivity contribution in [1.82, 2.24) is 19.8 Å². The van der Waals surface area contributed by atoms with Gasteiger partial charge in [0.2, 0.25) is 0 Å². The molecule has 0 saturated carbocycles. The highest BCUT2D eigenvalue weighted by molar-refractivity contribution is 5.99. The number of carbonyl (C=O) groups is 2. The van der Waals surface area contributed by atoms with Crippen LogP contribution in [0.1, 0.15) is 10.4 Å². The summed E-state index contributed by atoms with van der Waals surface area (Å²) in [7, 11) is 4.09.